The van der Waals surface area contributed by atoms with Gasteiger partial charge in [0.25, 0.3) is 0 Å². The van der Waals surface area contributed by atoms with Gasteiger partial charge >= 0.3 is 0 Å². The van der Waals surface area contributed by atoms with Gasteiger partial charge in [-0.3, -0.25) is 38.6 Å². The Bertz CT molecular complexity index is 1440. The van der Waals surface area contributed by atoms with Gasteiger partial charge in [-0.2, -0.15) is 0 Å². The third-order valence-corrected chi connectivity index (χ3v) is 10.8. The van der Waals surface area contributed by atoms with Crippen molar-refractivity contribution in [2.75, 3.05) is 45.8 Å². The molecule has 0 aliphatic carbocycles. The van der Waals surface area contributed by atoms with Crippen LogP contribution in [0.5, 0.6) is 0 Å². The van der Waals surface area contributed by atoms with Crippen molar-refractivity contribution in [2.24, 2.45) is 62.3 Å². The van der Waals surface area contributed by atoms with Crippen molar-refractivity contribution in [3.05, 3.63) is 0 Å². The third-order valence-electron chi connectivity index (χ3n) is 10.8. The van der Waals surface area contributed by atoms with Crippen LogP contribution in [0.3, 0.4) is 0 Å². The molecule has 382 valence electrons. The molecule has 0 bridgehead atoms. The molecule has 0 saturated carbocycles. The van der Waals surface area contributed by atoms with E-state index in [1.54, 1.807) is 0 Å². The molecule has 0 rings (SSSR count). The number of carbonyl (C=O) groups excluding carboxylic acids is 7. The predicted octanol–water partition coefficient (Wildman–Crippen LogP) is -4.46. The summed E-state index contributed by atoms with van der Waals surface area (Å²) < 4.78 is 0. The molecule has 0 aliphatic heterocycles. The van der Waals surface area contributed by atoms with Gasteiger partial charge in [-0.15, -0.1) is 0 Å². The molecule has 0 aromatic carbocycles. The first-order valence-corrected chi connectivity index (χ1v) is 23.7. The van der Waals surface area contributed by atoms with Crippen LogP contribution in [0.4, 0.5) is 0 Å². The highest BCUT2D eigenvalue weighted by atomic mass is 16.2. The number of nitrogens with zero attached hydrogens (tertiary/aromatic N) is 1. The van der Waals surface area contributed by atoms with Crippen molar-refractivity contribution >= 4 is 47.3 Å². The van der Waals surface area contributed by atoms with E-state index in [0.29, 0.717) is 123 Å². The molecule has 24 heteroatoms. The fraction of sp³-hybridized carbons (Fsp3) is 0.810. The summed E-state index contributed by atoms with van der Waals surface area (Å²) in [5.41, 5.74) is 56.9. The highest BCUT2D eigenvalue weighted by Crippen LogP contribution is 2.11. The van der Waals surface area contributed by atoms with Gasteiger partial charge in [-0.05, 0) is 161 Å². The Morgan fingerprint density at radius 2 is 0.576 bits per heavy atom. The molecule has 24 nitrogen and oxygen atoms in total. The Morgan fingerprint density at radius 3 is 0.848 bits per heavy atom. The average molecular weight is 942 g/mol. The average Bonchev–Trinajstić information content (AvgIpc) is 3.28. The fourth-order valence-corrected chi connectivity index (χ4v) is 6.88. The fourth-order valence-electron chi connectivity index (χ4n) is 6.88. The molecule has 0 saturated heterocycles. The van der Waals surface area contributed by atoms with Crippen LogP contribution in [-0.4, -0.2) is 135 Å². The number of carbonyl (C=O) groups is 7. The minimum Gasteiger partial charge on any atom is -0.370 e. The SMILES string of the molecule is NCCCC[C@H](NC(=O)[C@H](CCCCN)NC(=O)[C@H](CCCCN)NC(=O)[C@H](CCCN=C(N)N)NC(=O)[C@H](CCCCN)NC(=O)[C@H](CCCCN)NC(=O)[C@@H](N)CCCCN)C(N)=O. The van der Waals surface area contributed by atoms with E-state index in [9.17, 15) is 33.6 Å². The Hall–Kier alpha value is -4.72. The first-order valence-electron chi connectivity index (χ1n) is 23.7. The van der Waals surface area contributed by atoms with Crippen LogP contribution >= 0.6 is 0 Å². The Balaban J connectivity index is 6.66. The Kier molecular flexibility index (Phi) is 35.6. The number of hydrogen-bond donors (Lipinski definition) is 16. The van der Waals surface area contributed by atoms with Crippen LogP contribution in [0.15, 0.2) is 4.99 Å². The summed E-state index contributed by atoms with van der Waals surface area (Å²) in [4.78, 5) is 99.1. The molecule has 0 spiro atoms. The summed E-state index contributed by atoms with van der Waals surface area (Å²) in [6, 6.07) is -7.65. The molecule has 0 aromatic rings. The summed E-state index contributed by atoms with van der Waals surface area (Å²) in [6.45, 7) is 2.29. The molecule has 0 aliphatic rings. The molecule has 0 unspecified atom stereocenters. The highest BCUT2D eigenvalue weighted by molar-refractivity contribution is 5.97. The third kappa shape index (κ3) is 28.3. The summed E-state index contributed by atoms with van der Waals surface area (Å²) in [6.07, 6.45) is 7.95. The van der Waals surface area contributed by atoms with Crippen molar-refractivity contribution in [3.8, 4) is 0 Å². The molecule has 0 radical (unpaired) electrons. The van der Waals surface area contributed by atoms with Gasteiger partial charge in [0.15, 0.2) is 5.96 Å². The zero-order valence-electron chi connectivity index (χ0n) is 39.2. The predicted molar refractivity (Wildman–Crippen MR) is 256 cm³/mol. The molecule has 7 atom stereocenters. The Morgan fingerprint density at radius 1 is 0.333 bits per heavy atom. The summed E-state index contributed by atoms with van der Waals surface area (Å²) in [5.74, 6) is -4.83. The summed E-state index contributed by atoms with van der Waals surface area (Å²) >= 11 is 0. The maximum absolute atomic E-state index is 14.2. The molecule has 26 N–H and O–H groups in total. The number of nitrogens with one attached hydrogen (secondary N) is 6. The number of rotatable bonds is 41. The zero-order chi connectivity index (χ0) is 49.7. The quantitative estimate of drug-likeness (QED) is 0.0156. The maximum Gasteiger partial charge on any atom is 0.243 e. The van der Waals surface area contributed by atoms with Crippen LogP contribution in [-0.2, 0) is 33.6 Å². The number of hydrogen-bond acceptors (Lipinski definition) is 15. The minimum absolute atomic E-state index is 0.0115. The van der Waals surface area contributed by atoms with E-state index in [1.807, 2.05) is 0 Å². The molecule has 66 heavy (non-hydrogen) atoms. The van der Waals surface area contributed by atoms with E-state index in [0.717, 1.165) is 0 Å². The number of primary amides is 1. The van der Waals surface area contributed by atoms with E-state index >= 15 is 0 Å². The first-order chi connectivity index (χ1) is 31.6. The number of unbranched alkanes of at least 4 members (excludes halogenated alkanes) is 6. The van der Waals surface area contributed by atoms with E-state index in [4.69, 9.17) is 57.3 Å². The van der Waals surface area contributed by atoms with Gasteiger partial charge in [0.1, 0.15) is 36.3 Å². The monoisotopic (exact) mass is 942 g/mol. The van der Waals surface area contributed by atoms with E-state index in [2.05, 4.69) is 36.9 Å². The van der Waals surface area contributed by atoms with Crippen molar-refractivity contribution in [2.45, 2.75) is 171 Å². The van der Waals surface area contributed by atoms with Crippen molar-refractivity contribution in [3.63, 3.8) is 0 Å². The molecule has 0 fully saturated rings. The van der Waals surface area contributed by atoms with Gasteiger partial charge in [0.05, 0.1) is 6.04 Å². The molecular weight excluding hydrogens is 855 g/mol. The topological polar surface area (TPSA) is 464 Å². The van der Waals surface area contributed by atoms with Crippen LogP contribution < -0.4 is 89.2 Å². The second kappa shape index (κ2) is 38.4. The number of nitrogens with two attached hydrogens (primary N) is 10. The van der Waals surface area contributed by atoms with Crippen molar-refractivity contribution < 1.29 is 33.6 Å². The lowest BCUT2D eigenvalue weighted by Crippen LogP contribution is -2.60. The van der Waals surface area contributed by atoms with E-state index in [1.165, 1.54) is 0 Å². The highest BCUT2D eigenvalue weighted by Gasteiger charge is 2.33. The van der Waals surface area contributed by atoms with E-state index < -0.39 is 83.6 Å². The number of amides is 7. The lowest BCUT2D eigenvalue weighted by molar-refractivity contribution is -0.135. The smallest absolute Gasteiger partial charge is 0.243 e. The second-order valence-electron chi connectivity index (χ2n) is 16.5. The molecular formula is C42H87N17O7. The first kappa shape index (κ1) is 61.3. The number of aliphatic imine (C=N–C) groups is 1. The van der Waals surface area contributed by atoms with E-state index in [-0.39, 0.29) is 57.5 Å². The van der Waals surface area contributed by atoms with Gasteiger partial charge < -0.3 is 89.2 Å². The second-order valence-corrected chi connectivity index (χ2v) is 16.5. The van der Waals surface area contributed by atoms with Crippen LogP contribution in [0.1, 0.15) is 128 Å². The van der Waals surface area contributed by atoms with Gasteiger partial charge in [0.2, 0.25) is 41.4 Å². The molecule has 0 heterocycles. The maximum atomic E-state index is 14.2. The van der Waals surface area contributed by atoms with Crippen molar-refractivity contribution in [1.29, 1.82) is 0 Å². The standard InChI is InChI=1S/C42H87N17O7/c43-21-7-1-14-28(49)36(61)55-30(16-3-9-23-45)38(63)57-33(19-6-12-26-48)40(65)59-34(20-13-27-53-42(51)52)41(66)58-32(18-5-11-25-47)39(64)56-31(17-4-10-24-46)37(62)54-29(35(50)60)15-2-8-22-44/h28-34H,1-27,43-49H2,(H2,50,60)(H,54,62)(H,55,61)(H,56,64)(H,57,63)(H,58,66)(H,59,65)(H4,51,52,53)/t28-,29-,30-,31-,32-,33-,34-/m0/s1. The van der Waals surface area contributed by atoms with Gasteiger partial charge in [0, 0.05) is 6.54 Å². The number of guanidine groups is 1. The van der Waals surface area contributed by atoms with Crippen LogP contribution in [0, 0.1) is 0 Å². The lowest BCUT2D eigenvalue weighted by Gasteiger charge is -2.28. The normalized spacial score (nSPS) is 14.3. The molecule has 0 aromatic heterocycles. The summed E-state index contributed by atoms with van der Waals surface area (Å²) in [7, 11) is 0. The largest absolute Gasteiger partial charge is 0.370 e. The minimum atomic E-state index is -1.26. The van der Waals surface area contributed by atoms with Crippen LogP contribution in [0.2, 0.25) is 0 Å². The van der Waals surface area contributed by atoms with Gasteiger partial charge in [-0.25, -0.2) is 0 Å². The van der Waals surface area contributed by atoms with Gasteiger partial charge in [-0.1, -0.05) is 6.42 Å². The van der Waals surface area contributed by atoms with Crippen LogP contribution in [0.25, 0.3) is 0 Å². The summed E-state index contributed by atoms with van der Waals surface area (Å²) in [5, 5.41) is 16.4. The zero-order valence-corrected chi connectivity index (χ0v) is 39.2. The lowest BCUT2D eigenvalue weighted by atomic mass is 10.0. The molecule has 7 amide bonds. The Labute approximate surface area is 390 Å². The van der Waals surface area contributed by atoms with Crippen molar-refractivity contribution in [1.82, 2.24) is 31.9 Å².